The van der Waals surface area contributed by atoms with Gasteiger partial charge in [-0.3, -0.25) is 23.3 Å². The predicted octanol–water partition coefficient (Wildman–Crippen LogP) is 8.96. The Kier molecular flexibility index (Phi) is 33.5. The molecule has 2 heterocycles. The Hall–Kier alpha value is -2.76. The number of nitrogen functional groups attached to an aromatic ring is 1. The minimum atomic E-state index is -5.74. The van der Waals surface area contributed by atoms with E-state index in [2.05, 4.69) is 52.0 Å². The quantitative estimate of drug-likeness (QED) is 0.0238. The molecule has 0 bridgehead atoms. The fourth-order valence-electron chi connectivity index (χ4n) is 7.57. The number of nitrogens with two attached hydrogens (primary N) is 1. The first-order valence-corrected chi connectivity index (χ1v) is 28.2. The first kappa shape index (κ1) is 61.4. The average Bonchev–Trinajstić information content (AvgIpc) is 3.57. The standard InChI is InChI=1S/C48H85N3O15P2/c1-3-5-7-9-11-13-15-17-19-21-23-25-27-29-31-33-43(52)61-37-40(64-44(53)34-32-30-28-26-24-22-20-18-16-14-12-10-8-6-4-2)38-62-67(57,58)66-68(59,60)63-39-41-45(54)46(55)47(65-41)51-36-35-42(49)50-48(51)56/h12,14,18,20,35-36,40-41,45-47,54-55H,3-11,13,15-17,19,21-34,37-39H2,1-2H3,(H,57,58)(H,59,60)(H2,49,50,56)/p-2/b14-12-,20-18-/t40-,41-,45-,46-,47-/m1/s1. The summed E-state index contributed by atoms with van der Waals surface area (Å²) in [5.74, 6) is -1.37. The third-order valence-electron chi connectivity index (χ3n) is 11.5. The van der Waals surface area contributed by atoms with E-state index < -0.39 is 83.7 Å². The van der Waals surface area contributed by atoms with Crippen LogP contribution in [0.4, 0.5) is 5.82 Å². The number of carbonyl (C=O) groups excluding carboxylic acids is 2. The number of hydrogen-bond donors (Lipinski definition) is 3. The number of nitrogens with zero attached hydrogens (tertiary/aromatic N) is 2. The third-order valence-corrected chi connectivity index (χ3v) is 14.1. The van der Waals surface area contributed by atoms with Gasteiger partial charge in [0.25, 0.3) is 15.6 Å². The summed E-state index contributed by atoms with van der Waals surface area (Å²) in [6.45, 7) is 1.90. The van der Waals surface area contributed by atoms with Gasteiger partial charge in [0.05, 0.1) is 13.2 Å². The number of unbranched alkanes of at least 4 members (excludes halogenated alkanes) is 22. The predicted molar refractivity (Wildman–Crippen MR) is 257 cm³/mol. The molecule has 1 aromatic heterocycles. The van der Waals surface area contributed by atoms with Gasteiger partial charge < -0.3 is 49.0 Å². The summed E-state index contributed by atoms with van der Waals surface area (Å²) in [7, 11) is -11.5. The molecular formula is C48H83N3O15P2-2. The van der Waals surface area contributed by atoms with E-state index in [9.17, 15) is 43.5 Å². The van der Waals surface area contributed by atoms with Gasteiger partial charge in [-0.2, -0.15) is 4.98 Å². The molecule has 0 radical (unpaired) electrons. The number of phosphoric ester groups is 2. The minimum Gasteiger partial charge on any atom is -0.756 e. The largest absolute Gasteiger partial charge is 0.756 e. The van der Waals surface area contributed by atoms with E-state index in [0.717, 1.165) is 81.4 Å². The van der Waals surface area contributed by atoms with Gasteiger partial charge in [-0.05, 0) is 51.0 Å². The highest BCUT2D eigenvalue weighted by Crippen LogP contribution is 2.56. The van der Waals surface area contributed by atoms with Crippen molar-refractivity contribution < 1.29 is 66.3 Å². The molecule has 392 valence electrons. The van der Waals surface area contributed by atoms with Crippen molar-refractivity contribution in [2.45, 2.75) is 224 Å². The monoisotopic (exact) mass is 1000 g/mol. The Morgan fingerprint density at radius 3 is 1.76 bits per heavy atom. The molecule has 1 fully saturated rings. The summed E-state index contributed by atoms with van der Waals surface area (Å²) in [6.07, 6.45) is 30.6. The maximum absolute atomic E-state index is 12.8. The number of esters is 2. The third kappa shape index (κ3) is 29.4. The van der Waals surface area contributed by atoms with Crippen molar-refractivity contribution in [1.29, 1.82) is 0 Å². The average molecular weight is 1000 g/mol. The molecule has 20 heteroatoms. The Labute approximate surface area is 405 Å². The van der Waals surface area contributed by atoms with Crippen molar-refractivity contribution in [2.75, 3.05) is 25.6 Å². The second-order valence-electron chi connectivity index (χ2n) is 17.6. The van der Waals surface area contributed by atoms with Crippen molar-refractivity contribution >= 4 is 33.4 Å². The van der Waals surface area contributed by atoms with Gasteiger partial charge in [0.1, 0.15) is 30.7 Å². The van der Waals surface area contributed by atoms with Crippen LogP contribution in [0.1, 0.15) is 200 Å². The van der Waals surface area contributed by atoms with E-state index in [1.807, 2.05) is 0 Å². The highest BCUT2D eigenvalue weighted by atomic mass is 31.3. The molecule has 7 atom stereocenters. The maximum atomic E-state index is 12.8. The first-order chi connectivity index (χ1) is 32.7. The molecule has 0 aromatic carbocycles. The van der Waals surface area contributed by atoms with Crippen LogP contribution in [0, 0.1) is 0 Å². The second kappa shape index (κ2) is 37.1. The minimum absolute atomic E-state index is 0.0112. The molecule has 18 nitrogen and oxygen atoms in total. The van der Waals surface area contributed by atoms with Crippen molar-refractivity contribution in [3.8, 4) is 0 Å². The van der Waals surface area contributed by atoms with Crippen LogP contribution in [0.5, 0.6) is 0 Å². The van der Waals surface area contributed by atoms with Crippen LogP contribution in [0.25, 0.3) is 0 Å². The van der Waals surface area contributed by atoms with Crippen LogP contribution in [0.3, 0.4) is 0 Å². The van der Waals surface area contributed by atoms with E-state index >= 15 is 0 Å². The molecule has 2 unspecified atom stereocenters. The van der Waals surface area contributed by atoms with Gasteiger partial charge in [0, 0.05) is 19.0 Å². The molecule has 1 aliphatic heterocycles. The van der Waals surface area contributed by atoms with Gasteiger partial charge in [-0.25, -0.2) is 9.11 Å². The van der Waals surface area contributed by atoms with Crippen LogP contribution in [-0.2, 0) is 46.3 Å². The first-order valence-electron chi connectivity index (χ1n) is 25.3. The molecule has 1 saturated heterocycles. The number of phosphoric acid groups is 2. The summed E-state index contributed by atoms with van der Waals surface area (Å²) in [5.41, 5.74) is 4.56. The molecule has 0 amide bonds. The fraction of sp³-hybridized carbons (Fsp3) is 0.792. The molecule has 2 rings (SSSR count). The zero-order chi connectivity index (χ0) is 49.9. The summed E-state index contributed by atoms with van der Waals surface area (Å²) >= 11 is 0. The van der Waals surface area contributed by atoms with E-state index in [1.165, 1.54) is 89.5 Å². The molecule has 1 aliphatic rings. The number of carbonyl (C=O) groups is 2. The second-order valence-corrected chi connectivity index (χ2v) is 20.6. The van der Waals surface area contributed by atoms with Gasteiger partial charge in [-0.1, -0.05) is 160 Å². The fourth-order valence-corrected chi connectivity index (χ4v) is 9.60. The number of anilines is 1. The van der Waals surface area contributed by atoms with Crippen molar-refractivity contribution in [1.82, 2.24) is 9.55 Å². The van der Waals surface area contributed by atoms with E-state index in [0.29, 0.717) is 12.8 Å². The van der Waals surface area contributed by atoms with E-state index in [1.54, 1.807) is 0 Å². The Morgan fingerprint density at radius 1 is 0.721 bits per heavy atom. The van der Waals surface area contributed by atoms with E-state index in [4.69, 9.17) is 24.5 Å². The molecule has 0 aliphatic carbocycles. The van der Waals surface area contributed by atoms with Crippen LogP contribution in [-0.4, -0.2) is 75.9 Å². The number of aromatic nitrogens is 2. The number of aliphatic hydroxyl groups excluding tert-OH is 2. The Morgan fingerprint density at radius 2 is 1.21 bits per heavy atom. The molecule has 0 spiro atoms. The lowest BCUT2D eigenvalue weighted by Gasteiger charge is -2.32. The molecule has 4 N–H and O–H groups in total. The topological polar surface area (TPSA) is 271 Å². The highest BCUT2D eigenvalue weighted by molar-refractivity contribution is 7.59. The van der Waals surface area contributed by atoms with Gasteiger partial charge in [0.2, 0.25) is 0 Å². The van der Waals surface area contributed by atoms with Crippen LogP contribution < -0.4 is 21.2 Å². The van der Waals surface area contributed by atoms with Crippen molar-refractivity contribution in [3.63, 3.8) is 0 Å². The van der Waals surface area contributed by atoms with Crippen LogP contribution in [0.15, 0.2) is 41.4 Å². The highest BCUT2D eigenvalue weighted by Gasteiger charge is 2.45. The number of allylic oxidation sites excluding steroid dienone is 4. The Balaban J connectivity index is 1.81. The van der Waals surface area contributed by atoms with Crippen molar-refractivity contribution in [2.24, 2.45) is 0 Å². The summed E-state index contributed by atoms with van der Waals surface area (Å²) in [4.78, 5) is 66.4. The normalized spacial score (nSPS) is 19.6. The SMILES string of the molecule is CCCCC/C=C\C/C=C\CCCCCCCC(=O)O[C@H](COC(=O)CCCCCCCCCCCCCCCCC)COP(=O)([O-])OP(=O)([O-])OC[C@H]1O[C@@H](n2ccc(N)nc2=O)[C@H](O)[C@@H]1O. The summed E-state index contributed by atoms with van der Waals surface area (Å²) < 4.78 is 55.8. The lowest BCUT2D eigenvalue weighted by molar-refractivity contribution is -0.246. The van der Waals surface area contributed by atoms with Gasteiger partial charge >= 0.3 is 17.6 Å². The smallest absolute Gasteiger partial charge is 0.351 e. The number of hydrogen-bond acceptors (Lipinski definition) is 17. The van der Waals surface area contributed by atoms with Gasteiger partial charge in [0.15, 0.2) is 12.3 Å². The Bertz CT molecular complexity index is 1730. The van der Waals surface area contributed by atoms with Crippen LogP contribution >= 0.6 is 15.6 Å². The molecule has 68 heavy (non-hydrogen) atoms. The summed E-state index contributed by atoms with van der Waals surface area (Å²) in [6, 6.07) is 1.23. The van der Waals surface area contributed by atoms with E-state index in [-0.39, 0.29) is 18.7 Å². The molecule has 0 saturated carbocycles. The number of aliphatic hydroxyl groups is 2. The van der Waals surface area contributed by atoms with Crippen LogP contribution in [0.2, 0.25) is 0 Å². The zero-order valence-corrected chi connectivity index (χ0v) is 42.6. The number of rotatable bonds is 42. The number of ether oxygens (including phenoxy) is 3. The molecular weight excluding hydrogens is 920 g/mol. The maximum Gasteiger partial charge on any atom is 0.351 e. The van der Waals surface area contributed by atoms with Crippen molar-refractivity contribution in [3.05, 3.63) is 47.1 Å². The lowest BCUT2D eigenvalue weighted by atomic mass is 10.0. The molecule has 1 aromatic rings. The lowest BCUT2D eigenvalue weighted by Crippen LogP contribution is -2.36. The summed E-state index contributed by atoms with van der Waals surface area (Å²) in [5, 5.41) is 20.8. The zero-order valence-electron chi connectivity index (χ0n) is 40.8. The van der Waals surface area contributed by atoms with Gasteiger partial charge in [-0.15, -0.1) is 0 Å².